The molecule has 1 aromatic carbocycles. The van der Waals surface area contributed by atoms with Crippen LogP contribution >= 0.6 is 0 Å². The maximum Gasteiger partial charge on any atom is 0.225 e. The number of rotatable bonds is 4. The second-order valence-corrected chi connectivity index (χ2v) is 6.78. The fourth-order valence-corrected chi connectivity index (χ4v) is 3.79. The number of fused-ring (bicyclic) bond motifs is 1. The Balaban J connectivity index is 1.36. The number of anilines is 1. The number of aryl methyl sites for hydroxylation is 1. The zero-order valence-electron chi connectivity index (χ0n) is 14.6. The standard InChI is InChI=1S/C19H24N4O2/c1-22-18-8-10-25-13-16(18)17(21-22)11-20-19(24)14-7-9-23(12-14)15-5-3-2-4-6-15/h2-6,14H,7-13H2,1H3,(H,20,24). The number of benzene rings is 1. The Labute approximate surface area is 147 Å². The molecule has 1 atom stereocenters. The molecule has 0 bridgehead atoms. The quantitative estimate of drug-likeness (QED) is 0.919. The van der Waals surface area contributed by atoms with Crippen molar-refractivity contribution < 1.29 is 9.53 Å². The minimum Gasteiger partial charge on any atom is -0.376 e. The molecule has 1 aromatic heterocycles. The molecule has 0 radical (unpaired) electrons. The van der Waals surface area contributed by atoms with Gasteiger partial charge in [0.05, 0.1) is 31.4 Å². The van der Waals surface area contributed by atoms with E-state index in [1.807, 2.05) is 29.9 Å². The van der Waals surface area contributed by atoms with Crippen LogP contribution in [0.2, 0.25) is 0 Å². The van der Waals surface area contributed by atoms with Crippen LogP contribution in [-0.4, -0.2) is 35.4 Å². The Morgan fingerprint density at radius 1 is 1.36 bits per heavy atom. The van der Waals surface area contributed by atoms with Gasteiger partial charge in [0.15, 0.2) is 0 Å². The van der Waals surface area contributed by atoms with Gasteiger partial charge in [-0.15, -0.1) is 0 Å². The van der Waals surface area contributed by atoms with E-state index in [0.29, 0.717) is 13.2 Å². The van der Waals surface area contributed by atoms with Crippen LogP contribution < -0.4 is 10.2 Å². The van der Waals surface area contributed by atoms with E-state index in [1.165, 1.54) is 11.4 Å². The van der Waals surface area contributed by atoms with Crippen LogP contribution in [0.5, 0.6) is 0 Å². The number of carbonyl (C=O) groups is 1. The van der Waals surface area contributed by atoms with E-state index in [0.717, 1.165) is 43.8 Å². The molecule has 2 aromatic rings. The van der Waals surface area contributed by atoms with Crippen LogP contribution in [0, 0.1) is 5.92 Å². The van der Waals surface area contributed by atoms with Crippen LogP contribution in [0.1, 0.15) is 23.4 Å². The number of hydrogen-bond acceptors (Lipinski definition) is 4. The van der Waals surface area contributed by atoms with E-state index >= 15 is 0 Å². The number of nitrogens with one attached hydrogen (secondary N) is 1. The van der Waals surface area contributed by atoms with Crippen LogP contribution in [0.15, 0.2) is 30.3 Å². The van der Waals surface area contributed by atoms with Gasteiger partial charge in [0, 0.05) is 43.5 Å². The summed E-state index contributed by atoms with van der Waals surface area (Å²) in [6, 6.07) is 10.3. The van der Waals surface area contributed by atoms with Gasteiger partial charge in [-0.05, 0) is 18.6 Å². The van der Waals surface area contributed by atoms with Gasteiger partial charge in [-0.2, -0.15) is 5.10 Å². The monoisotopic (exact) mass is 340 g/mol. The lowest BCUT2D eigenvalue weighted by Gasteiger charge is -2.18. The van der Waals surface area contributed by atoms with E-state index in [1.54, 1.807) is 0 Å². The van der Waals surface area contributed by atoms with Crippen LogP contribution in [-0.2, 0) is 36.2 Å². The predicted octanol–water partition coefficient (Wildman–Crippen LogP) is 1.64. The summed E-state index contributed by atoms with van der Waals surface area (Å²) >= 11 is 0. The highest BCUT2D eigenvalue weighted by atomic mass is 16.5. The maximum atomic E-state index is 12.6. The molecule has 1 amide bonds. The van der Waals surface area contributed by atoms with Gasteiger partial charge >= 0.3 is 0 Å². The van der Waals surface area contributed by atoms with Crippen molar-refractivity contribution in [2.75, 3.05) is 24.6 Å². The van der Waals surface area contributed by atoms with Gasteiger partial charge < -0.3 is 15.0 Å². The molecule has 6 nitrogen and oxygen atoms in total. The molecule has 1 N–H and O–H groups in total. The van der Waals surface area contributed by atoms with E-state index in [4.69, 9.17) is 4.74 Å². The van der Waals surface area contributed by atoms with Crippen molar-refractivity contribution in [2.24, 2.45) is 13.0 Å². The smallest absolute Gasteiger partial charge is 0.225 e. The SMILES string of the molecule is Cn1nc(CNC(=O)C2CCN(c3ccccc3)C2)c2c1CCOC2. The first-order valence-corrected chi connectivity index (χ1v) is 8.91. The highest BCUT2D eigenvalue weighted by Crippen LogP contribution is 2.24. The van der Waals surface area contributed by atoms with Crippen molar-refractivity contribution >= 4 is 11.6 Å². The molecule has 132 valence electrons. The van der Waals surface area contributed by atoms with Crippen molar-refractivity contribution in [3.63, 3.8) is 0 Å². The third-order valence-electron chi connectivity index (χ3n) is 5.20. The highest BCUT2D eigenvalue weighted by molar-refractivity contribution is 5.80. The lowest BCUT2D eigenvalue weighted by Crippen LogP contribution is -2.32. The summed E-state index contributed by atoms with van der Waals surface area (Å²) in [5, 5.41) is 7.64. The van der Waals surface area contributed by atoms with Crippen LogP contribution in [0.4, 0.5) is 5.69 Å². The molecular weight excluding hydrogens is 316 g/mol. The number of hydrogen-bond donors (Lipinski definition) is 1. The topological polar surface area (TPSA) is 59.4 Å². The number of nitrogens with zero attached hydrogens (tertiary/aromatic N) is 3. The minimum absolute atomic E-state index is 0.0380. The summed E-state index contributed by atoms with van der Waals surface area (Å²) in [6.45, 7) is 3.52. The summed E-state index contributed by atoms with van der Waals surface area (Å²) in [6.07, 6.45) is 1.78. The van der Waals surface area contributed by atoms with E-state index in [2.05, 4.69) is 27.4 Å². The number of aromatic nitrogens is 2. The molecule has 25 heavy (non-hydrogen) atoms. The van der Waals surface area contributed by atoms with E-state index < -0.39 is 0 Å². The van der Waals surface area contributed by atoms with E-state index in [9.17, 15) is 4.79 Å². The largest absolute Gasteiger partial charge is 0.376 e. The van der Waals surface area contributed by atoms with Crippen LogP contribution in [0.3, 0.4) is 0 Å². The maximum absolute atomic E-state index is 12.6. The Kier molecular flexibility index (Phi) is 4.44. The molecule has 0 spiro atoms. The number of ether oxygens (including phenoxy) is 1. The summed E-state index contributed by atoms with van der Waals surface area (Å²) in [4.78, 5) is 14.8. The van der Waals surface area contributed by atoms with Crippen molar-refractivity contribution in [3.8, 4) is 0 Å². The van der Waals surface area contributed by atoms with Gasteiger partial charge in [0.25, 0.3) is 0 Å². The van der Waals surface area contributed by atoms with Crippen molar-refractivity contribution in [1.82, 2.24) is 15.1 Å². The molecule has 6 heteroatoms. The van der Waals surface area contributed by atoms with Gasteiger partial charge in [0.2, 0.25) is 5.91 Å². The zero-order valence-corrected chi connectivity index (χ0v) is 14.6. The Bertz CT molecular complexity index is 756. The molecule has 2 aliphatic rings. The lowest BCUT2D eigenvalue weighted by molar-refractivity contribution is -0.124. The molecule has 4 rings (SSSR count). The zero-order chi connectivity index (χ0) is 17.2. The van der Waals surface area contributed by atoms with Gasteiger partial charge in [-0.3, -0.25) is 9.48 Å². The molecule has 1 unspecified atom stereocenters. The van der Waals surface area contributed by atoms with Crippen molar-refractivity contribution in [2.45, 2.75) is 26.0 Å². The summed E-state index contributed by atoms with van der Waals surface area (Å²) in [5.74, 6) is 0.158. The lowest BCUT2D eigenvalue weighted by atomic mass is 10.1. The second-order valence-electron chi connectivity index (χ2n) is 6.78. The average Bonchev–Trinajstić information content (AvgIpc) is 3.27. The van der Waals surface area contributed by atoms with Gasteiger partial charge in [-0.25, -0.2) is 0 Å². The van der Waals surface area contributed by atoms with Crippen molar-refractivity contribution in [1.29, 1.82) is 0 Å². The molecule has 2 aliphatic heterocycles. The molecule has 0 aliphatic carbocycles. The Morgan fingerprint density at radius 2 is 2.20 bits per heavy atom. The molecule has 1 fully saturated rings. The van der Waals surface area contributed by atoms with Crippen molar-refractivity contribution in [3.05, 3.63) is 47.3 Å². The molecule has 0 saturated carbocycles. The predicted molar refractivity (Wildman–Crippen MR) is 95.2 cm³/mol. The summed E-state index contributed by atoms with van der Waals surface area (Å²) in [5.41, 5.74) is 4.50. The molecular formula is C19H24N4O2. The molecule has 3 heterocycles. The third kappa shape index (κ3) is 3.26. The first-order valence-electron chi connectivity index (χ1n) is 8.91. The molecule has 1 saturated heterocycles. The fourth-order valence-electron chi connectivity index (χ4n) is 3.79. The van der Waals surface area contributed by atoms with Gasteiger partial charge in [-0.1, -0.05) is 18.2 Å². The Hall–Kier alpha value is -2.34. The van der Waals surface area contributed by atoms with Gasteiger partial charge in [0.1, 0.15) is 0 Å². The third-order valence-corrected chi connectivity index (χ3v) is 5.20. The highest BCUT2D eigenvalue weighted by Gasteiger charge is 2.29. The Morgan fingerprint density at radius 3 is 3.04 bits per heavy atom. The minimum atomic E-state index is 0.0380. The van der Waals surface area contributed by atoms with Crippen LogP contribution in [0.25, 0.3) is 0 Å². The second kappa shape index (κ2) is 6.88. The summed E-state index contributed by atoms with van der Waals surface area (Å²) < 4.78 is 7.47. The van der Waals surface area contributed by atoms with E-state index in [-0.39, 0.29) is 11.8 Å². The number of para-hydroxylation sites is 1. The first kappa shape index (κ1) is 16.1. The normalized spacial score (nSPS) is 19.7. The fraction of sp³-hybridized carbons (Fsp3) is 0.474. The first-order chi connectivity index (χ1) is 12.2. The number of carbonyl (C=O) groups excluding carboxylic acids is 1. The summed E-state index contributed by atoms with van der Waals surface area (Å²) in [7, 11) is 1.96. The average molecular weight is 340 g/mol. The number of amides is 1.